The van der Waals surface area contributed by atoms with Gasteiger partial charge < -0.3 is 15.4 Å². The largest absolute Gasteiger partial charge is 0.493 e. The Hall–Kier alpha value is -3.11. The number of aromatic nitrogens is 1. The molecule has 0 spiro atoms. The topological polar surface area (TPSA) is 73.2 Å². The van der Waals surface area contributed by atoms with Gasteiger partial charge in [0.1, 0.15) is 17.6 Å². The Morgan fingerprint density at radius 2 is 2.17 bits per heavy atom. The maximum Gasteiger partial charge on any atom is 0.124 e. The Kier molecular flexibility index (Phi) is 4.80. The van der Waals surface area contributed by atoms with Gasteiger partial charge in [-0.3, -0.25) is 9.88 Å². The quantitative estimate of drug-likeness (QED) is 0.682. The monoisotopic (exact) mass is 405 g/mol. The normalized spacial score (nSPS) is 25.2. The number of pyridine rings is 1. The van der Waals surface area contributed by atoms with Gasteiger partial charge in [-0.1, -0.05) is 0 Å². The Morgan fingerprint density at radius 1 is 1.27 bits per heavy atom. The molecule has 3 aliphatic rings. The zero-order chi connectivity index (χ0) is 20.7. The number of benzene rings is 1. The predicted octanol–water partition coefficient (Wildman–Crippen LogP) is 4.28. The second-order valence-corrected chi connectivity index (χ2v) is 8.13. The molecular formula is C23H24FN5O. The Labute approximate surface area is 175 Å². The predicted molar refractivity (Wildman–Crippen MR) is 114 cm³/mol. The molecule has 1 saturated heterocycles. The standard InChI is InChI=1S/C23H24FN5O/c1-14-8-10-30-20-6-4-16(24)11-17(20)19-3-2-9-29(19)21-7-5-18-23(28-21)22(27-14)15(12-25)13-26-18/h4-7,11,13-14,19,21,27-28H,2-3,8-10H2,1H3. The van der Waals surface area contributed by atoms with Gasteiger partial charge in [0, 0.05) is 36.8 Å². The lowest BCUT2D eigenvalue weighted by atomic mass is 10.0. The number of nitrogens with one attached hydrogen (secondary N) is 2. The van der Waals surface area contributed by atoms with Crippen LogP contribution in [0.4, 0.5) is 15.8 Å². The Bertz CT molecular complexity index is 1050. The molecular weight excluding hydrogens is 381 g/mol. The number of nitrogens with zero attached hydrogens (tertiary/aromatic N) is 3. The number of nitriles is 1. The molecule has 0 aliphatic carbocycles. The highest BCUT2D eigenvalue weighted by atomic mass is 19.1. The van der Waals surface area contributed by atoms with Crippen LogP contribution in [-0.2, 0) is 0 Å². The minimum atomic E-state index is -0.244. The minimum absolute atomic E-state index is 0.0566. The highest BCUT2D eigenvalue weighted by Gasteiger charge is 2.35. The van der Waals surface area contributed by atoms with Crippen LogP contribution in [0.25, 0.3) is 6.08 Å². The van der Waals surface area contributed by atoms with E-state index in [9.17, 15) is 9.65 Å². The van der Waals surface area contributed by atoms with E-state index in [-0.39, 0.29) is 24.1 Å². The maximum atomic E-state index is 14.2. The minimum Gasteiger partial charge on any atom is -0.493 e. The van der Waals surface area contributed by atoms with Crippen LogP contribution in [0.15, 0.2) is 30.5 Å². The van der Waals surface area contributed by atoms with E-state index in [1.807, 2.05) is 6.08 Å². The van der Waals surface area contributed by atoms with Gasteiger partial charge in [0.2, 0.25) is 0 Å². The molecule has 0 amide bonds. The number of halogens is 1. The molecule has 3 unspecified atom stereocenters. The first-order valence-electron chi connectivity index (χ1n) is 10.5. The molecule has 4 heterocycles. The summed E-state index contributed by atoms with van der Waals surface area (Å²) in [5.41, 5.74) is 3.86. The van der Waals surface area contributed by atoms with Crippen molar-refractivity contribution in [3.8, 4) is 11.8 Å². The van der Waals surface area contributed by atoms with Gasteiger partial charge in [0.05, 0.1) is 35.4 Å². The number of ether oxygens (including phenoxy) is 1. The lowest BCUT2D eigenvalue weighted by Gasteiger charge is -2.35. The van der Waals surface area contributed by atoms with Crippen LogP contribution in [0.5, 0.6) is 5.75 Å². The molecule has 6 nitrogen and oxygen atoms in total. The van der Waals surface area contributed by atoms with Crippen molar-refractivity contribution < 1.29 is 9.13 Å². The van der Waals surface area contributed by atoms with Gasteiger partial charge in [-0.25, -0.2) is 4.39 Å². The van der Waals surface area contributed by atoms with Crippen molar-refractivity contribution in [3.05, 3.63) is 53.1 Å². The van der Waals surface area contributed by atoms with E-state index in [0.717, 1.165) is 54.2 Å². The summed E-state index contributed by atoms with van der Waals surface area (Å²) in [7, 11) is 0. The summed E-state index contributed by atoms with van der Waals surface area (Å²) in [6.07, 6.45) is 8.35. The Balaban J connectivity index is 1.61. The van der Waals surface area contributed by atoms with Crippen molar-refractivity contribution >= 4 is 17.5 Å². The molecule has 5 rings (SSSR count). The van der Waals surface area contributed by atoms with Gasteiger partial charge in [0.15, 0.2) is 0 Å². The van der Waals surface area contributed by atoms with E-state index >= 15 is 0 Å². The van der Waals surface area contributed by atoms with Gasteiger partial charge in [-0.05, 0) is 50.1 Å². The van der Waals surface area contributed by atoms with E-state index < -0.39 is 0 Å². The fourth-order valence-electron chi connectivity index (χ4n) is 4.64. The lowest BCUT2D eigenvalue weighted by Crippen LogP contribution is -2.40. The summed E-state index contributed by atoms with van der Waals surface area (Å²) in [5.74, 6) is 0.503. The molecule has 30 heavy (non-hydrogen) atoms. The average Bonchev–Trinajstić information content (AvgIpc) is 3.24. The van der Waals surface area contributed by atoms with Crippen LogP contribution in [0.3, 0.4) is 0 Å². The summed E-state index contributed by atoms with van der Waals surface area (Å²) >= 11 is 0. The molecule has 7 heteroatoms. The van der Waals surface area contributed by atoms with Crippen LogP contribution in [0, 0.1) is 17.1 Å². The smallest absolute Gasteiger partial charge is 0.124 e. The second kappa shape index (κ2) is 7.62. The maximum absolute atomic E-state index is 14.2. The van der Waals surface area contributed by atoms with Crippen molar-refractivity contribution in [1.29, 1.82) is 5.26 Å². The summed E-state index contributed by atoms with van der Waals surface area (Å²) in [4.78, 5) is 6.80. The molecule has 1 aromatic heterocycles. The van der Waals surface area contributed by atoms with Crippen LogP contribution >= 0.6 is 0 Å². The highest BCUT2D eigenvalue weighted by molar-refractivity contribution is 5.84. The third kappa shape index (κ3) is 3.27. The molecule has 1 aromatic carbocycles. The number of rotatable bonds is 0. The van der Waals surface area contributed by atoms with E-state index in [2.05, 4.69) is 39.6 Å². The van der Waals surface area contributed by atoms with Crippen LogP contribution in [0.2, 0.25) is 0 Å². The Morgan fingerprint density at radius 3 is 3.03 bits per heavy atom. The van der Waals surface area contributed by atoms with Gasteiger partial charge in [-0.2, -0.15) is 5.26 Å². The second-order valence-electron chi connectivity index (χ2n) is 8.13. The van der Waals surface area contributed by atoms with E-state index in [1.54, 1.807) is 18.3 Å². The molecule has 2 aromatic rings. The SMILES string of the molecule is CC1CCOc2ccc(F)cc2C2CCCN2C2C=Cc3ncc(C#N)c(c3N2)N1. The van der Waals surface area contributed by atoms with E-state index in [0.29, 0.717) is 12.2 Å². The van der Waals surface area contributed by atoms with Crippen molar-refractivity contribution in [1.82, 2.24) is 9.88 Å². The summed E-state index contributed by atoms with van der Waals surface area (Å²) in [5, 5.41) is 16.7. The third-order valence-electron chi connectivity index (χ3n) is 6.14. The van der Waals surface area contributed by atoms with Gasteiger partial charge in [0.25, 0.3) is 0 Å². The number of anilines is 2. The number of hydrogen-bond acceptors (Lipinski definition) is 6. The van der Waals surface area contributed by atoms with Crippen molar-refractivity contribution in [3.63, 3.8) is 0 Å². The van der Waals surface area contributed by atoms with Gasteiger partial charge >= 0.3 is 0 Å². The van der Waals surface area contributed by atoms with Gasteiger partial charge in [-0.15, -0.1) is 0 Å². The molecule has 1 fully saturated rings. The van der Waals surface area contributed by atoms with E-state index in [1.165, 1.54) is 6.07 Å². The van der Waals surface area contributed by atoms with Crippen LogP contribution in [0.1, 0.15) is 49.0 Å². The zero-order valence-corrected chi connectivity index (χ0v) is 16.9. The summed E-state index contributed by atoms with van der Waals surface area (Å²) in [6, 6.07) is 7.21. The first-order chi connectivity index (χ1) is 14.6. The highest BCUT2D eigenvalue weighted by Crippen LogP contribution is 2.42. The summed E-state index contributed by atoms with van der Waals surface area (Å²) in [6.45, 7) is 3.46. The lowest BCUT2D eigenvalue weighted by molar-refractivity contribution is 0.220. The molecule has 3 aliphatic heterocycles. The molecule has 3 atom stereocenters. The fraction of sp³-hybridized carbons (Fsp3) is 0.391. The molecule has 2 N–H and O–H groups in total. The molecule has 2 bridgehead atoms. The van der Waals surface area contributed by atoms with Crippen LogP contribution < -0.4 is 15.4 Å². The van der Waals surface area contributed by atoms with Crippen molar-refractivity contribution in [2.75, 3.05) is 23.8 Å². The first-order valence-corrected chi connectivity index (χ1v) is 10.5. The fourth-order valence-corrected chi connectivity index (χ4v) is 4.64. The number of hydrogen-bond donors (Lipinski definition) is 2. The zero-order valence-electron chi connectivity index (χ0n) is 16.9. The average molecular weight is 405 g/mol. The third-order valence-corrected chi connectivity index (χ3v) is 6.14. The molecule has 0 radical (unpaired) electrons. The molecule has 154 valence electrons. The molecule has 0 saturated carbocycles. The van der Waals surface area contributed by atoms with Crippen LogP contribution in [-0.4, -0.2) is 35.2 Å². The first kappa shape index (κ1) is 18.9. The van der Waals surface area contributed by atoms with E-state index in [4.69, 9.17) is 4.74 Å². The van der Waals surface area contributed by atoms with Crippen molar-refractivity contribution in [2.45, 2.75) is 44.4 Å². The summed E-state index contributed by atoms with van der Waals surface area (Å²) < 4.78 is 20.3. The van der Waals surface area contributed by atoms with Crippen molar-refractivity contribution in [2.24, 2.45) is 0 Å². The number of fused-ring (bicyclic) bond motifs is 5.